The molecule has 36 valence electrons. The summed E-state index contributed by atoms with van der Waals surface area (Å²) in [4.78, 5) is 34.3. The van der Waals surface area contributed by atoms with Gasteiger partial charge in [0.25, 0.3) is 0 Å². The molecule has 0 radical (unpaired) electrons. The second-order valence-corrected chi connectivity index (χ2v) is 1.50. The van der Waals surface area contributed by atoms with Crippen LogP contribution in [0.4, 0.5) is 0 Å². The molecule has 0 saturated heterocycles. The molecule has 6 heavy (non-hydrogen) atoms. The molecule has 0 aromatic heterocycles. The second kappa shape index (κ2) is 3.01. The molecule has 0 aliphatic rings. The Balaban J connectivity index is 0. The summed E-state index contributed by atoms with van der Waals surface area (Å²) in [6.45, 7) is 0. The maximum absolute atomic E-state index is 8.58. The third kappa shape index (κ3) is 86.8. The molecule has 0 aliphatic heterocycles. The summed E-state index contributed by atoms with van der Waals surface area (Å²) in [5.74, 6) is 0. The number of rotatable bonds is 0. The molecule has 0 aromatic carbocycles. The second-order valence-electron chi connectivity index (χ2n) is 0.500. The SMILES string of the molecule is [O-][Si]([O-])([O-])[O-].[Zr]. The van der Waals surface area contributed by atoms with Crippen LogP contribution in [0.15, 0.2) is 0 Å². The molecule has 6 heteroatoms. The Bertz CT molecular complexity index is 23.0. The molecule has 0 N–H and O–H groups in total. The molecule has 0 aliphatic carbocycles. The molecule has 0 amide bonds. The largest absolute Gasteiger partial charge is 0.894 e. The van der Waals surface area contributed by atoms with Crippen molar-refractivity contribution in [2.75, 3.05) is 0 Å². The molecule has 0 atom stereocenters. The van der Waals surface area contributed by atoms with Gasteiger partial charge in [0.05, 0.1) is 0 Å². The first-order valence-electron chi connectivity index (χ1n) is 0.816. The Morgan fingerprint density at radius 3 is 0.833 bits per heavy atom. The first kappa shape index (κ1) is 10.0. The summed E-state index contributed by atoms with van der Waals surface area (Å²) >= 11 is 0. The van der Waals surface area contributed by atoms with Gasteiger partial charge in [-0.1, -0.05) is 0 Å². The molecule has 0 bridgehead atoms. The van der Waals surface area contributed by atoms with E-state index in [2.05, 4.69) is 0 Å². The molecule has 0 aromatic rings. The van der Waals surface area contributed by atoms with Crippen molar-refractivity contribution < 1.29 is 45.4 Å². The van der Waals surface area contributed by atoms with Crippen LogP contribution in [0, 0.1) is 0 Å². The van der Waals surface area contributed by atoms with E-state index in [1.807, 2.05) is 0 Å². The molecular formula is O4SiZr-4. The van der Waals surface area contributed by atoms with Crippen LogP contribution in [0.3, 0.4) is 0 Å². The van der Waals surface area contributed by atoms with Crippen LogP contribution < -0.4 is 19.2 Å². The van der Waals surface area contributed by atoms with Crippen LogP contribution >= 0.6 is 0 Å². The normalized spacial score (nSPS) is 10.0. The van der Waals surface area contributed by atoms with E-state index >= 15 is 0 Å². The quantitative estimate of drug-likeness (QED) is 0.351. The van der Waals surface area contributed by atoms with Crippen LogP contribution in [0.2, 0.25) is 0 Å². The van der Waals surface area contributed by atoms with E-state index in [1.54, 1.807) is 0 Å². The molecule has 0 rings (SSSR count). The molecule has 4 nitrogen and oxygen atoms in total. The molecule has 0 heterocycles. The standard InChI is InChI=1S/O4Si.Zr/c1-5(2,3)4;/q-4;. The van der Waals surface area contributed by atoms with E-state index in [1.165, 1.54) is 0 Å². The Kier molecular flexibility index (Phi) is 5.03. The summed E-state index contributed by atoms with van der Waals surface area (Å²) in [5, 5.41) is 0. The fraction of sp³-hybridized carbons (Fsp3) is 0. The van der Waals surface area contributed by atoms with Crippen LogP contribution in [0.1, 0.15) is 0 Å². The monoisotopic (exact) mass is 182 g/mol. The fourth-order valence-corrected chi connectivity index (χ4v) is 0. The van der Waals surface area contributed by atoms with Gasteiger partial charge in [-0.15, -0.1) is 0 Å². The van der Waals surface area contributed by atoms with Crippen molar-refractivity contribution in [2.24, 2.45) is 0 Å². The van der Waals surface area contributed by atoms with Gasteiger partial charge in [0.1, 0.15) is 0 Å². The molecule has 0 fully saturated rings. The predicted octanol–water partition coefficient (Wildman–Crippen LogP) is -5.14. The Labute approximate surface area is 54.7 Å². The van der Waals surface area contributed by atoms with Crippen molar-refractivity contribution in [3.05, 3.63) is 0 Å². The van der Waals surface area contributed by atoms with Gasteiger partial charge in [0.15, 0.2) is 0 Å². The van der Waals surface area contributed by atoms with Gasteiger partial charge in [0.2, 0.25) is 0 Å². The number of hydrogen-bond acceptors (Lipinski definition) is 4. The van der Waals surface area contributed by atoms with E-state index in [4.69, 9.17) is 19.2 Å². The first-order chi connectivity index (χ1) is 2.00. The summed E-state index contributed by atoms with van der Waals surface area (Å²) in [7, 11) is -5.61. The fourth-order valence-electron chi connectivity index (χ4n) is 0. The van der Waals surface area contributed by atoms with Crippen LogP contribution in [0.25, 0.3) is 0 Å². The summed E-state index contributed by atoms with van der Waals surface area (Å²) < 4.78 is 0. The minimum Gasteiger partial charge on any atom is -0.894 e. The molecular weight excluding hydrogens is 183 g/mol. The molecule has 0 spiro atoms. The Morgan fingerprint density at radius 2 is 0.833 bits per heavy atom. The zero-order valence-electron chi connectivity index (χ0n) is 2.63. The minimum atomic E-state index is -5.61. The van der Waals surface area contributed by atoms with Gasteiger partial charge in [-0.05, 0) is 0 Å². The maximum atomic E-state index is 8.58. The maximum Gasteiger partial charge on any atom is 0 e. The van der Waals surface area contributed by atoms with Crippen molar-refractivity contribution in [1.29, 1.82) is 0 Å². The third-order valence-electron chi connectivity index (χ3n) is 0. The van der Waals surface area contributed by atoms with E-state index in [-0.39, 0.29) is 26.2 Å². The smallest absolute Gasteiger partial charge is 0 e. The van der Waals surface area contributed by atoms with Crippen molar-refractivity contribution in [3.63, 3.8) is 0 Å². The van der Waals surface area contributed by atoms with Crippen LogP contribution in [0.5, 0.6) is 0 Å². The average molecular weight is 183 g/mol. The van der Waals surface area contributed by atoms with Crippen LogP contribution in [-0.2, 0) is 26.2 Å². The van der Waals surface area contributed by atoms with Gasteiger partial charge >= 0.3 is 0 Å². The summed E-state index contributed by atoms with van der Waals surface area (Å²) in [6, 6.07) is 0. The van der Waals surface area contributed by atoms with Crippen molar-refractivity contribution in [2.45, 2.75) is 0 Å². The first-order valence-corrected chi connectivity index (χ1v) is 2.45. The molecule has 0 saturated carbocycles. The topological polar surface area (TPSA) is 92.2 Å². The van der Waals surface area contributed by atoms with Crippen molar-refractivity contribution in [1.82, 2.24) is 0 Å². The van der Waals surface area contributed by atoms with Gasteiger partial charge in [-0.3, -0.25) is 0 Å². The summed E-state index contributed by atoms with van der Waals surface area (Å²) in [6.07, 6.45) is 0. The zero-order valence-corrected chi connectivity index (χ0v) is 6.09. The number of hydrogen-bond donors (Lipinski definition) is 0. The van der Waals surface area contributed by atoms with E-state index < -0.39 is 9.05 Å². The van der Waals surface area contributed by atoms with E-state index in [0.29, 0.717) is 0 Å². The van der Waals surface area contributed by atoms with Gasteiger partial charge in [-0.25, -0.2) is 0 Å². The Hall–Kier alpha value is 0.940. The average Bonchev–Trinajstić information content (AvgIpc) is 0.722. The molecule has 0 unspecified atom stereocenters. The van der Waals surface area contributed by atoms with Crippen LogP contribution in [-0.4, -0.2) is 9.05 Å². The predicted molar refractivity (Wildman–Crippen MR) is 5.75 cm³/mol. The van der Waals surface area contributed by atoms with Crippen molar-refractivity contribution in [3.8, 4) is 0 Å². The third-order valence-corrected chi connectivity index (χ3v) is 0. The summed E-state index contributed by atoms with van der Waals surface area (Å²) in [5.41, 5.74) is 0. The van der Waals surface area contributed by atoms with E-state index in [0.717, 1.165) is 0 Å². The van der Waals surface area contributed by atoms with Crippen molar-refractivity contribution >= 4 is 9.05 Å². The van der Waals surface area contributed by atoms with Gasteiger partial charge in [0, 0.05) is 26.2 Å². The van der Waals surface area contributed by atoms with Gasteiger partial charge in [-0.2, -0.15) is 0 Å². The minimum absolute atomic E-state index is 0. The Morgan fingerprint density at radius 1 is 0.833 bits per heavy atom. The van der Waals surface area contributed by atoms with E-state index in [9.17, 15) is 0 Å². The zero-order chi connectivity index (χ0) is 4.50. The van der Waals surface area contributed by atoms with Gasteiger partial charge < -0.3 is 28.2 Å².